The van der Waals surface area contributed by atoms with E-state index in [1.54, 1.807) is 19.1 Å². The molecule has 2 amide bonds. The maximum Gasteiger partial charge on any atom is 0.335 e. The summed E-state index contributed by atoms with van der Waals surface area (Å²) in [6, 6.07) is 9.48. The van der Waals surface area contributed by atoms with Crippen molar-refractivity contribution < 1.29 is 29.0 Å². The molecule has 0 bridgehead atoms. The molecule has 3 aromatic carbocycles. The van der Waals surface area contributed by atoms with Gasteiger partial charge in [-0.3, -0.25) is 19.2 Å². The molecule has 0 saturated heterocycles. The molecule has 2 heterocycles. The monoisotopic (exact) mass is 588 g/mol. The van der Waals surface area contributed by atoms with Crippen LogP contribution in [0, 0.1) is 12.7 Å². The number of aromatic carboxylic acids is 1. The van der Waals surface area contributed by atoms with Gasteiger partial charge in [0.2, 0.25) is 5.65 Å². The number of nitrogen functional groups attached to an aromatic ring is 1. The summed E-state index contributed by atoms with van der Waals surface area (Å²) in [6.45, 7) is 1.49. The number of carbonyl (C=O) groups is 3. The van der Waals surface area contributed by atoms with Crippen molar-refractivity contribution in [3.63, 3.8) is 0 Å². The number of amides is 2. The van der Waals surface area contributed by atoms with Gasteiger partial charge in [-0.25, -0.2) is 14.2 Å². The Labute approximate surface area is 239 Å². The van der Waals surface area contributed by atoms with Crippen LogP contribution < -0.4 is 32.5 Å². The van der Waals surface area contributed by atoms with Gasteiger partial charge in [0, 0.05) is 19.2 Å². The van der Waals surface area contributed by atoms with Gasteiger partial charge in [0.25, 0.3) is 28.6 Å². The normalized spacial score (nSPS) is 11.0. The number of carboxylic acids is 1. The highest BCUT2D eigenvalue weighted by atomic mass is 19.1. The van der Waals surface area contributed by atoms with E-state index in [1.807, 2.05) is 0 Å². The summed E-state index contributed by atoms with van der Waals surface area (Å²) < 4.78 is 15.3. The first-order valence-electron chi connectivity index (χ1n) is 12.4. The molecule has 16 heteroatoms. The summed E-state index contributed by atoms with van der Waals surface area (Å²) in [5.74, 6) is -3.90. The van der Waals surface area contributed by atoms with Gasteiger partial charge in [0.15, 0.2) is 0 Å². The predicted octanol–water partition coefficient (Wildman–Crippen LogP) is 0.757. The lowest BCUT2D eigenvalue weighted by Gasteiger charge is -2.13. The van der Waals surface area contributed by atoms with Crippen molar-refractivity contribution in [1.82, 2.24) is 30.4 Å². The number of carboxylic acid groups (broad SMARTS) is 1. The SMILES string of the molecule is Cc1cc(CNC(=O)c2cc(C(=O)NCc3ccc(F)c(Nc4c(N)c(=O)c4=O)c3)nc3c(O)nnn23)ccc1C(=O)O. The van der Waals surface area contributed by atoms with Gasteiger partial charge in [0.05, 0.1) is 11.3 Å². The molecule has 0 aliphatic rings. The molecule has 0 unspecified atom stereocenters. The molecule has 0 aliphatic carbocycles. The number of aryl methyl sites for hydroxylation is 1. The third-order valence-electron chi connectivity index (χ3n) is 6.49. The fraction of sp³-hybridized carbons (Fsp3) is 0.111. The first-order valence-corrected chi connectivity index (χ1v) is 12.4. The number of nitrogens with one attached hydrogen (secondary N) is 3. The van der Waals surface area contributed by atoms with E-state index in [0.29, 0.717) is 16.7 Å². The molecule has 43 heavy (non-hydrogen) atoms. The number of aromatic nitrogens is 4. The number of fused-ring (bicyclic) bond motifs is 1. The smallest absolute Gasteiger partial charge is 0.335 e. The van der Waals surface area contributed by atoms with Crippen molar-refractivity contribution in [1.29, 1.82) is 0 Å². The molecule has 15 nitrogen and oxygen atoms in total. The number of rotatable bonds is 9. The van der Waals surface area contributed by atoms with Gasteiger partial charge in [-0.15, -0.1) is 0 Å². The Bertz CT molecular complexity index is 2030. The Morgan fingerprint density at radius 1 is 0.977 bits per heavy atom. The largest absolute Gasteiger partial charge is 0.489 e. The second kappa shape index (κ2) is 11.0. The van der Waals surface area contributed by atoms with Crippen molar-refractivity contribution in [3.05, 3.63) is 102 Å². The Balaban J connectivity index is 1.32. The van der Waals surface area contributed by atoms with Crippen LogP contribution in [0.3, 0.4) is 0 Å². The van der Waals surface area contributed by atoms with Crippen LogP contribution in [0.25, 0.3) is 5.65 Å². The van der Waals surface area contributed by atoms with E-state index in [2.05, 4.69) is 31.2 Å². The highest BCUT2D eigenvalue weighted by Crippen LogP contribution is 2.23. The minimum Gasteiger partial charge on any atom is -0.489 e. The van der Waals surface area contributed by atoms with Gasteiger partial charge < -0.3 is 31.9 Å². The summed E-state index contributed by atoms with van der Waals surface area (Å²) in [7, 11) is 0. The zero-order valence-corrected chi connectivity index (χ0v) is 22.1. The highest BCUT2D eigenvalue weighted by Gasteiger charge is 2.22. The molecule has 0 radical (unpaired) electrons. The highest BCUT2D eigenvalue weighted by molar-refractivity contribution is 5.98. The van der Waals surface area contributed by atoms with Crippen LogP contribution in [-0.4, -0.2) is 47.8 Å². The topological polar surface area (TPSA) is 231 Å². The number of halogens is 1. The minimum atomic E-state index is -1.08. The van der Waals surface area contributed by atoms with Crippen molar-refractivity contribution in [2.45, 2.75) is 20.0 Å². The number of nitrogens with zero attached hydrogens (tertiary/aromatic N) is 4. The first kappa shape index (κ1) is 28.3. The Hall–Kier alpha value is -6.19. The molecule has 218 valence electrons. The minimum absolute atomic E-state index is 0.00877. The average Bonchev–Trinajstić information content (AvgIpc) is 3.37. The maximum absolute atomic E-state index is 14.3. The number of hydrogen-bond donors (Lipinski definition) is 6. The van der Waals surface area contributed by atoms with E-state index >= 15 is 0 Å². The van der Waals surface area contributed by atoms with E-state index in [-0.39, 0.29) is 52.8 Å². The van der Waals surface area contributed by atoms with E-state index < -0.39 is 40.3 Å². The van der Waals surface area contributed by atoms with Crippen molar-refractivity contribution in [2.24, 2.45) is 0 Å². The third-order valence-corrected chi connectivity index (χ3v) is 6.49. The summed E-state index contributed by atoms with van der Waals surface area (Å²) in [4.78, 5) is 64.4. The van der Waals surface area contributed by atoms with E-state index in [0.717, 1.165) is 16.6 Å². The molecule has 2 aromatic heterocycles. The molecular weight excluding hydrogens is 567 g/mol. The molecule has 0 atom stereocenters. The third kappa shape index (κ3) is 5.43. The molecule has 5 aromatic rings. The molecule has 0 saturated carbocycles. The molecule has 0 fully saturated rings. The lowest BCUT2D eigenvalue weighted by Crippen LogP contribution is -2.36. The summed E-state index contributed by atoms with van der Waals surface area (Å²) in [5.41, 5.74) is 3.98. The maximum atomic E-state index is 14.3. The zero-order chi connectivity index (χ0) is 31.0. The van der Waals surface area contributed by atoms with Crippen molar-refractivity contribution in [2.75, 3.05) is 11.1 Å². The van der Waals surface area contributed by atoms with Crippen molar-refractivity contribution >= 4 is 40.5 Å². The van der Waals surface area contributed by atoms with Crippen LogP contribution in [-0.2, 0) is 13.1 Å². The second-order valence-electron chi connectivity index (χ2n) is 9.38. The van der Waals surface area contributed by atoms with Crippen LogP contribution in [0.4, 0.5) is 21.5 Å². The number of nitrogens with two attached hydrogens (primary N) is 1. The molecular formula is C27H21FN8O7. The van der Waals surface area contributed by atoms with Gasteiger partial charge in [-0.2, -0.15) is 4.52 Å². The fourth-order valence-corrected chi connectivity index (χ4v) is 4.21. The average molecular weight is 589 g/mol. The van der Waals surface area contributed by atoms with Crippen LogP contribution in [0.1, 0.15) is 48.0 Å². The Morgan fingerprint density at radius 3 is 2.33 bits per heavy atom. The van der Waals surface area contributed by atoms with Crippen LogP contribution in [0.15, 0.2) is 52.1 Å². The fourth-order valence-electron chi connectivity index (χ4n) is 4.21. The lowest BCUT2D eigenvalue weighted by atomic mass is 10.1. The Kier molecular flexibility index (Phi) is 7.25. The van der Waals surface area contributed by atoms with Crippen LogP contribution >= 0.6 is 0 Å². The summed E-state index contributed by atoms with van der Waals surface area (Å²) >= 11 is 0. The number of carbonyl (C=O) groups excluding carboxylic acids is 2. The van der Waals surface area contributed by atoms with Crippen LogP contribution in [0.5, 0.6) is 5.88 Å². The number of benzene rings is 2. The Morgan fingerprint density at radius 2 is 1.65 bits per heavy atom. The van der Waals surface area contributed by atoms with Gasteiger partial charge >= 0.3 is 5.97 Å². The van der Waals surface area contributed by atoms with Crippen molar-refractivity contribution in [3.8, 4) is 5.88 Å². The predicted molar refractivity (Wildman–Crippen MR) is 148 cm³/mol. The van der Waals surface area contributed by atoms with E-state index in [1.165, 1.54) is 18.2 Å². The van der Waals surface area contributed by atoms with Gasteiger partial charge in [-0.1, -0.05) is 28.5 Å². The van der Waals surface area contributed by atoms with Gasteiger partial charge in [0.1, 0.15) is 28.6 Å². The van der Waals surface area contributed by atoms with E-state index in [9.17, 15) is 38.6 Å². The summed E-state index contributed by atoms with van der Waals surface area (Å²) in [6.07, 6.45) is 0. The standard InChI is InChI=1S/C27H21FN8O7/c1-11-6-12(2-4-14(11)27(42)43)9-31-25(40)18-8-17(33-23-26(41)34-35-36(18)23)24(39)30-10-13-3-5-15(28)16(7-13)32-20-19(29)21(37)22(20)38/h2-8,32,41H,9-10,29H2,1H3,(H,30,39)(H,31,40)(H,42,43). The number of hydrogen-bond acceptors (Lipinski definition) is 11. The number of aromatic hydroxyl groups is 1. The first-order chi connectivity index (χ1) is 20.4. The number of anilines is 3. The molecule has 0 spiro atoms. The quantitative estimate of drug-likeness (QED) is 0.131. The van der Waals surface area contributed by atoms with Gasteiger partial charge in [-0.05, 0) is 41.8 Å². The second-order valence-corrected chi connectivity index (χ2v) is 9.38. The molecule has 7 N–H and O–H groups in total. The lowest BCUT2D eigenvalue weighted by molar-refractivity contribution is 0.0695. The van der Waals surface area contributed by atoms with E-state index in [4.69, 9.17) is 5.73 Å². The van der Waals surface area contributed by atoms with Crippen LogP contribution in [0.2, 0.25) is 0 Å². The molecule has 0 aliphatic heterocycles. The zero-order valence-electron chi connectivity index (χ0n) is 22.1. The molecule has 5 rings (SSSR count). The summed E-state index contributed by atoms with van der Waals surface area (Å²) in [5, 5.41) is 34.2.